The molecule has 1 aromatic rings. The SMILES string of the molecule is COc1cc(C=CC(=O)O[C@H]2[C@H](OC[C@@H]3O[C@H](O)[C@H](O)[C@H]3O)O[C@@H](CO)[C@@H]2O)ccc1O. The van der Waals surface area contributed by atoms with E-state index in [0.717, 1.165) is 6.08 Å². The number of aromatic hydroxyl groups is 1. The Labute approximate surface area is 182 Å². The van der Waals surface area contributed by atoms with Gasteiger partial charge in [0.25, 0.3) is 0 Å². The number of ether oxygens (including phenoxy) is 5. The summed E-state index contributed by atoms with van der Waals surface area (Å²) in [5, 5.41) is 58.1. The van der Waals surface area contributed by atoms with Crippen LogP contribution in [0.1, 0.15) is 5.56 Å². The number of esters is 1. The first-order valence-corrected chi connectivity index (χ1v) is 9.76. The first kappa shape index (κ1) is 24.4. The zero-order valence-corrected chi connectivity index (χ0v) is 17.1. The van der Waals surface area contributed by atoms with E-state index < -0.39 is 61.8 Å². The molecule has 2 saturated heterocycles. The number of hydrogen-bond donors (Lipinski definition) is 6. The third-order valence-electron chi connectivity index (χ3n) is 5.10. The van der Waals surface area contributed by atoms with Gasteiger partial charge in [-0.1, -0.05) is 6.07 Å². The molecule has 12 nitrogen and oxygen atoms in total. The average Bonchev–Trinajstić information content (AvgIpc) is 3.21. The van der Waals surface area contributed by atoms with Crippen LogP contribution in [0.4, 0.5) is 0 Å². The maximum Gasteiger partial charge on any atom is 0.331 e. The molecule has 0 spiro atoms. The molecule has 0 unspecified atom stereocenters. The summed E-state index contributed by atoms with van der Waals surface area (Å²) in [5.74, 6) is -0.698. The maximum atomic E-state index is 12.3. The van der Waals surface area contributed by atoms with Crippen molar-refractivity contribution in [3.63, 3.8) is 0 Å². The molecule has 8 atom stereocenters. The second-order valence-corrected chi connectivity index (χ2v) is 7.26. The number of aliphatic hydroxyl groups is 5. The van der Waals surface area contributed by atoms with Crippen LogP contribution in [0.3, 0.4) is 0 Å². The zero-order valence-electron chi connectivity index (χ0n) is 17.1. The number of benzene rings is 1. The molecule has 178 valence electrons. The summed E-state index contributed by atoms with van der Waals surface area (Å²) < 4.78 is 26.0. The van der Waals surface area contributed by atoms with E-state index in [-0.39, 0.29) is 18.1 Å². The highest BCUT2D eigenvalue weighted by atomic mass is 16.7. The summed E-state index contributed by atoms with van der Waals surface area (Å²) >= 11 is 0. The minimum absolute atomic E-state index is 0.0649. The van der Waals surface area contributed by atoms with Crippen LogP contribution in [0.25, 0.3) is 6.08 Å². The van der Waals surface area contributed by atoms with E-state index in [2.05, 4.69) is 0 Å². The smallest absolute Gasteiger partial charge is 0.331 e. The highest BCUT2D eigenvalue weighted by molar-refractivity contribution is 5.87. The summed E-state index contributed by atoms with van der Waals surface area (Å²) in [6.07, 6.45) is -8.24. The minimum Gasteiger partial charge on any atom is -0.504 e. The fraction of sp³-hybridized carbons (Fsp3) is 0.550. The molecule has 0 amide bonds. The van der Waals surface area contributed by atoms with Gasteiger partial charge in [-0.15, -0.1) is 0 Å². The molecular weight excluding hydrogens is 432 g/mol. The molecule has 12 heteroatoms. The zero-order chi connectivity index (χ0) is 23.4. The second-order valence-electron chi connectivity index (χ2n) is 7.26. The number of methoxy groups -OCH3 is 1. The Morgan fingerprint density at radius 2 is 1.84 bits per heavy atom. The molecule has 0 aromatic heterocycles. The van der Waals surface area contributed by atoms with Crippen LogP contribution >= 0.6 is 0 Å². The molecule has 2 aliphatic heterocycles. The number of phenols is 1. The van der Waals surface area contributed by atoms with Crippen LogP contribution in [0.2, 0.25) is 0 Å². The molecule has 0 bridgehead atoms. The lowest BCUT2D eigenvalue weighted by Gasteiger charge is -2.22. The summed E-state index contributed by atoms with van der Waals surface area (Å²) in [6, 6.07) is 4.43. The second kappa shape index (κ2) is 10.6. The third-order valence-corrected chi connectivity index (χ3v) is 5.10. The first-order chi connectivity index (χ1) is 15.2. The lowest BCUT2D eigenvalue weighted by molar-refractivity contribution is -0.205. The Morgan fingerprint density at radius 3 is 2.47 bits per heavy atom. The van der Waals surface area contributed by atoms with E-state index in [1.165, 1.54) is 25.3 Å². The fourth-order valence-corrected chi connectivity index (χ4v) is 3.30. The van der Waals surface area contributed by atoms with E-state index in [9.17, 15) is 35.4 Å². The standard InChI is InChI=1S/C20H26O12/c1-28-11-6-9(2-4-10(11)22)3-5-14(23)32-18-16(25)12(7-21)31-20(18)29-8-13-15(24)17(26)19(27)30-13/h2-6,12-13,15-22,24-27H,7-8H2,1H3/t12-,13-,15-,16-,17+,18+,19-,20+/m0/s1. The van der Waals surface area contributed by atoms with E-state index >= 15 is 0 Å². The van der Waals surface area contributed by atoms with Crippen molar-refractivity contribution in [1.29, 1.82) is 0 Å². The lowest BCUT2D eigenvalue weighted by Crippen LogP contribution is -2.40. The molecule has 6 N–H and O–H groups in total. The van der Waals surface area contributed by atoms with Crippen LogP contribution in [0, 0.1) is 0 Å². The predicted molar refractivity (Wildman–Crippen MR) is 104 cm³/mol. The summed E-state index contributed by atoms with van der Waals surface area (Å²) in [4.78, 5) is 12.3. The molecule has 0 saturated carbocycles. The Balaban J connectivity index is 1.62. The van der Waals surface area contributed by atoms with Crippen LogP contribution < -0.4 is 4.74 Å². The summed E-state index contributed by atoms with van der Waals surface area (Å²) in [5.41, 5.74) is 0.533. The molecule has 32 heavy (non-hydrogen) atoms. The highest BCUT2D eigenvalue weighted by Gasteiger charge is 2.48. The van der Waals surface area contributed by atoms with Gasteiger partial charge in [0.05, 0.1) is 20.3 Å². The van der Waals surface area contributed by atoms with E-state index in [4.69, 9.17) is 23.7 Å². The largest absolute Gasteiger partial charge is 0.504 e. The van der Waals surface area contributed by atoms with Crippen molar-refractivity contribution in [3.8, 4) is 11.5 Å². The van der Waals surface area contributed by atoms with Crippen molar-refractivity contribution in [2.75, 3.05) is 20.3 Å². The summed E-state index contributed by atoms with van der Waals surface area (Å²) in [6.45, 7) is -0.930. The molecule has 1 aromatic carbocycles. The van der Waals surface area contributed by atoms with Crippen LogP contribution in [0.15, 0.2) is 24.3 Å². The van der Waals surface area contributed by atoms with E-state index in [1.54, 1.807) is 6.07 Å². The average molecular weight is 458 g/mol. The Hall–Kier alpha value is -2.29. The van der Waals surface area contributed by atoms with Crippen molar-refractivity contribution in [1.82, 2.24) is 0 Å². The van der Waals surface area contributed by atoms with Gasteiger partial charge in [0.2, 0.25) is 0 Å². The van der Waals surface area contributed by atoms with Crippen molar-refractivity contribution in [3.05, 3.63) is 29.8 Å². The van der Waals surface area contributed by atoms with E-state index in [0.29, 0.717) is 5.56 Å². The fourth-order valence-electron chi connectivity index (χ4n) is 3.30. The maximum absolute atomic E-state index is 12.3. The molecule has 0 radical (unpaired) electrons. The van der Waals surface area contributed by atoms with Gasteiger partial charge in [0, 0.05) is 6.08 Å². The van der Waals surface area contributed by atoms with Crippen molar-refractivity contribution in [2.24, 2.45) is 0 Å². The number of carbonyl (C=O) groups is 1. The summed E-state index contributed by atoms with van der Waals surface area (Å²) in [7, 11) is 1.38. The van der Waals surface area contributed by atoms with Crippen molar-refractivity contribution >= 4 is 12.0 Å². The number of phenolic OH excluding ortho intramolecular Hbond substituents is 1. The van der Waals surface area contributed by atoms with Gasteiger partial charge in [-0.05, 0) is 23.8 Å². The lowest BCUT2D eigenvalue weighted by atomic mass is 10.1. The van der Waals surface area contributed by atoms with Gasteiger partial charge >= 0.3 is 5.97 Å². The van der Waals surface area contributed by atoms with Crippen LogP contribution in [-0.4, -0.2) is 106 Å². The number of aliphatic hydroxyl groups excluding tert-OH is 5. The topological polar surface area (TPSA) is 185 Å². The number of rotatable bonds is 8. The van der Waals surface area contributed by atoms with Gasteiger partial charge in [0.15, 0.2) is 30.2 Å². The third kappa shape index (κ3) is 5.36. The predicted octanol–water partition coefficient (Wildman–Crippen LogP) is -2.14. The minimum atomic E-state index is -1.59. The van der Waals surface area contributed by atoms with E-state index in [1.807, 2.05) is 0 Å². The Bertz CT molecular complexity index is 814. The van der Waals surface area contributed by atoms with Crippen molar-refractivity contribution < 1.29 is 59.1 Å². The number of hydrogen-bond acceptors (Lipinski definition) is 12. The molecule has 0 aliphatic carbocycles. The number of carbonyl (C=O) groups excluding carboxylic acids is 1. The van der Waals surface area contributed by atoms with Gasteiger partial charge < -0.3 is 54.3 Å². The first-order valence-electron chi connectivity index (χ1n) is 9.76. The van der Waals surface area contributed by atoms with Crippen LogP contribution in [-0.2, 0) is 23.7 Å². The molecule has 2 aliphatic rings. The van der Waals surface area contributed by atoms with Gasteiger partial charge in [-0.2, -0.15) is 0 Å². The Morgan fingerprint density at radius 1 is 1.09 bits per heavy atom. The van der Waals surface area contributed by atoms with Gasteiger partial charge in [-0.25, -0.2) is 4.79 Å². The Kier molecular flexibility index (Phi) is 8.03. The quantitative estimate of drug-likeness (QED) is 0.184. The van der Waals surface area contributed by atoms with Gasteiger partial charge in [0.1, 0.15) is 30.5 Å². The van der Waals surface area contributed by atoms with Crippen LogP contribution in [0.5, 0.6) is 11.5 Å². The monoisotopic (exact) mass is 458 g/mol. The highest BCUT2D eigenvalue weighted by Crippen LogP contribution is 2.28. The molecule has 2 heterocycles. The van der Waals surface area contributed by atoms with Gasteiger partial charge in [-0.3, -0.25) is 0 Å². The van der Waals surface area contributed by atoms with Crippen molar-refractivity contribution in [2.45, 2.75) is 49.2 Å². The molecular formula is C20H26O12. The molecule has 2 fully saturated rings. The normalized spacial score (nSPS) is 34.8. The molecule has 3 rings (SSSR count).